The van der Waals surface area contributed by atoms with Crippen LogP contribution >= 0.6 is 0 Å². The van der Waals surface area contributed by atoms with Gasteiger partial charge < -0.3 is 10.8 Å². The first-order chi connectivity index (χ1) is 8.06. The van der Waals surface area contributed by atoms with E-state index >= 15 is 0 Å². The van der Waals surface area contributed by atoms with Gasteiger partial charge in [-0.1, -0.05) is 17.7 Å². The molecule has 17 heavy (non-hydrogen) atoms. The Balaban J connectivity index is 2.07. The molecule has 0 aliphatic carbocycles. The van der Waals surface area contributed by atoms with Crippen molar-refractivity contribution in [3.05, 3.63) is 29.3 Å². The Bertz CT molecular complexity index is 392. The summed E-state index contributed by atoms with van der Waals surface area (Å²) < 4.78 is 0. The van der Waals surface area contributed by atoms with Crippen LogP contribution in [0.4, 0.5) is 0 Å². The molecule has 0 aromatic heterocycles. The maximum absolute atomic E-state index is 9.85. The van der Waals surface area contributed by atoms with Crippen LogP contribution in [0.5, 0.6) is 5.75 Å². The molecule has 0 radical (unpaired) electrons. The van der Waals surface area contributed by atoms with Crippen molar-refractivity contribution in [3.8, 4) is 5.75 Å². The van der Waals surface area contributed by atoms with Gasteiger partial charge in [0.1, 0.15) is 5.75 Å². The number of rotatable bonds is 2. The zero-order chi connectivity index (χ0) is 12.4. The lowest BCUT2D eigenvalue weighted by Gasteiger charge is -2.36. The van der Waals surface area contributed by atoms with Gasteiger partial charge in [0.05, 0.1) is 0 Å². The quantitative estimate of drug-likeness (QED) is 0.823. The average Bonchev–Trinajstić information content (AvgIpc) is 2.27. The van der Waals surface area contributed by atoms with E-state index in [1.165, 1.54) is 5.56 Å². The molecule has 2 atom stereocenters. The number of nitrogens with zero attached hydrogens (tertiary/aromatic N) is 1. The maximum atomic E-state index is 9.85. The van der Waals surface area contributed by atoms with Crippen LogP contribution < -0.4 is 5.73 Å². The van der Waals surface area contributed by atoms with E-state index in [2.05, 4.69) is 24.8 Å². The van der Waals surface area contributed by atoms with E-state index in [1.54, 1.807) is 6.07 Å². The molecule has 2 unspecified atom stereocenters. The second kappa shape index (κ2) is 5.07. The van der Waals surface area contributed by atoms with Crippen LogP contribution in [0, 0.1) is 6.92 Å². The molecule has 94 valence electrons. The van der Waals surface area contributed by atoms with Gasteiger partial charge >= 0.3 is 0 Å². The van der Waals surface area contributed by atoms with Crippen LogP contribution in [0.15, 0.2) is 18.2 Å². The standard InChI is InChI=1S/C14H22N2O/c1-10-3-4-14(17)12(7-10)9-16-6-5-13(15)8-11(16)2/h3-4,7,11,13,17H,5-6,8-9,15H2,1-2H3. The molecule has 1 fully saturated rings. The van der Waals surface area contributed by atoms with Crippen molar-refractivity contribution in [2.45, 2.75) is 45.3 Å². The first kappa shape index (κ1) is 12.4. The van der Waals surface area contributed by atoms with Gasteiger partial charge in [0.25, 0.3) is 0 Å². The van der Waals surface area contributed by atoms with E-state index in [9.17, 15) is 5.11 Å². The lowest BCUT2D eigenvalue weighted by Crippen LogP contribution is -2.44. The van der Waals surface area contributed by atoms with E-state index in [0.717, 1.165) is 31.5 Å². The SMILES string of the molecule is Cc1ccc(O)c(CN2CCC(N)CC2C)c1. The average molecular weight is 234 g/mol. The zero-order valence-electron chi connectivity index (χ0n) is 10.7. The summed E-state index contributed by atoms with van der Waals surface area (Å²) in [5.74, 6) is 0.401. The molecule has 0 spiro atoms. The van der Waals surface area contributed by atoms with E-state index in [1.807, 2.05) is 6.07 Å². The molecule has 0 amide bonds. The summed E-state index contributed by atoms with van der Waals surface area (Å²) in [6.07, 6.45) is 2.10. The van der Waals surface area contributed by atoms with E-state index < -0.39 is 0 Å². The highest BCUT2D eigenvalue weighted by molar-refractivity contribution is 5.35. The summed E-state index contributed by atoms with van der Waals surface area (Å²) in [5, 5.41) is 9.85. The predicted octanol–water partition coefficient (Wildman–Crippen LogP) is 2.01. The number of aryl methyl sites for hydroxylation is 1. The third-order valence-corrected chi connectivity index (χ3v) is 3.66. The summed E-state index contributed by atoms with van der Waals surface area (Å²) in [7, 11) is 0. The number of hydrogen-bond donors (Lipinski definition) is 2. The number of aromatic hydroxyl groups is 1. The van der Waals surface area contributed by atoms with E-state index in [-0.39, 0.29) is 0 Å². The summed E-state index contributed by atoms with van der Waals surface area (Å²) in [6.45, 7) is 6.11. The fraction of sp³-hybridized carbons (Fsp3) is 0.571. The topological polar surface area (TPSA) is 49.5 Å². The maximum Gasteiger partial charge on any atom is 0.120 e. The van der Waals surface area contributed by atoms with Crippen molar-refractivity contribution < 1.29 is 5.11 Å². The first-order valence-electron chi connectivity index (χ1n) is 6.34. The van der Waals surface area contributed by atoms with Crippen LogP contribution in [-0.4, -0.2) is 28.6 Å². The minimum absolute atomic E-state index is 0.340. The number of benzene rings is 1. The number of likely N-dealkylation sites (tertiary alicyclic amines) is 1. The second-order valence-electron chi connectivity index (χ2n) is 5.24. The monoisotopic (exact) mass is 234 g/mol. The molecule has 1 saturated heterocycles. The zero-order valence-corrected chi connectivity index (χ0v) is 10.7. The Hall–Kier alpha value is -1.06. The third-order valence-electron chi connectivity index (χ3n) is 3.66. The van der Waals surface area contributed by atoms with Crippen LogP contribution in [0.25, 0.3) is 0 Å². The van der Waals surface area contributed by atoms with Crippen LogP contribution in [0.1, 0.15) is 30.9 Å². The minimum atomic E-state index is 0.340. The minimum Gasteiger partial charge on any atom is -0.508 e. The van der Waals surface area contributed by atoms with Crippen molar-refractivity contribution >= 4 is 0 Å². The van der Waals surface area contributed by atoms with Crippen LogP contribution in [-0.2, 0) is 6.54 Å². The molecule has 2 rings (SSSR count). The van der Waals surface area contributed by atoms with Gasteiger partial charge in [-0.3, -0.25) is 4.90 Å². The lowest BCUT2D eigenvalue weighted by molar-refractivity contribution is 0.139. The Morgan fingerprint density at radius 1 is 1.47 bits per heavy atom. The molecule has 1 aromatic carbocycles. The Labute approximate surface area is 103 Å². The summed E-state index contributed by atoms with van der Waals surface area (Å²) in [6, 6.07) is 6.63. The number of piperidine rings is 1. The van der Waals surface area contributed by atoms with Crippen LogP contribution in [0.3, 0.4) is 0 Å². The van der Waals surface area contributed by atoms with Crippen LogP contribution in [0.2, 0.25) is 0 Å². The first-order valence-corrected chi connectivity index (χ1v) is 6.34. The summed E-state index contributed by atoms with van der Waals surface area (Å²) >= 11 is 0. The fourth-order valence-corrected chi connectivity index (χ4v) is 2.55. The van der Waals surface area contributed by atoms with E-state index in [4.69, 9.17) is 5.73 Å². The van der Waals surface area contributed by atoms with Crippen molar-refractivity contribution in [1.82, 2.24) is 4.90 Å². The molecule has 0 bridgehead atoms. The van der Waals surface area contributed by atoms with Gasteiger partial charge in [-0.2, -0.15) is 0 Å². The van der Waals surface area contributed by atoms with E-state index in [0.29, 0.717) is 17.8 Å². The Morgan fingerprint density at radius 2 is 2.24 bits per heavy atom. The molecular formula is C14H22N2O. The highest BCUT2D eigenvalue weighted by Crippen LogP contribution is 2.24. The van der Waals surface area contributed by atoms with Gasteiger partial charge in [0.15, 0.2) is 0 Å². The molecule has 3 nitrogen and oxygen atoms in total. The molecular weight excluding hydrogens is 212 g/mol. The van der Waals surface area contributed by atoms with Gasteiger partial charge in [-0.25, -0.2) is 0 Å². The largest absolute Gasteiger partial charge is 0.508 e. The van der Waals surface area contributed by atoms with Gasteiger partial charge in [-0.05, 0) is 32.8 Å². The number of phenols is 1. The molecule has 0 saturated carbocycles. The molecule has 3 N–H and O–H groups in total. The molecule has 1 aliphatic rings. The third kappa shape index (κ3) is 2.99. The Morgan fingerprint density at radius 3 is 2.94 bits per heavy atom. The normalized spacial score (nSPS) is 26.1. The second-order valence-corrected chi connectivity index (χ2v) is 5.24. The summed E-state index contributed by atoms with van der Waals surface area (Å²) in [5.41, 5.74) is 8.17. The lowest BCUT2D eigenvalue weighted by atomic mass is 9.98. The van der Waals surface area contributed by atoms with Crippen molar-refractivity contribution in [2.24, 2.45) is 5.73 Å². The van der Waals surface area contributed by atoms with Gasteiger partial charge in [0, 0.05) is 30.7 Å². The van der Waals surface area contributed by atoms with Crippen molar-refractivity contribution in [3.63, 3.8) is 0 Å². The number of phenolic OH excluding ortho intramolecular Hbond substituents is 1. The highest BCUT2D eigenvalue weighted by Gasteiger charge is 2.23. The van der Waals surface area contributed by atoms with Gasteiger partial charge in [0.2, 0.25) is 0 Å². The number of nitrogens with two attached hydrogens (primary N) is 1. The number of hydrogen-bond acceptors (Lipinski definition) is 3. The van der Waals surface area contributed by atoms with Crippen molar-refractivity contribution in [1.29, 1.82) is 0 Å². The molecule has 3 heteroatoms. The molecule has 1 aliphatic heterocycles. The molecule has 1 aromatic rings. The fourth-order valence-electron chi connectivity index (χ4n) is 2.55. The summed E-state index contributed by atoms with van der Waals surface area (Å²) in [4.78, 5) is 2.40. The smallest absolute Gasteiger partial charge is 0.120 e. The van der Waals surface area contributed by atoms with Gasteiger partial charge in [-0.15, -0.1) is 0 Å². The van der Waals surface area contributed by atoms with Crippen molar-refractivity contribution in [2.75, 3.05) is 6.54 Å². The molecule has 1 heterocycles. The predicted molar refractivity (Wildman–Crippen MR) is 69.9 cm³/mol. The Kier molecular flexibility index (Phi) is 3.69. The highest BCUT2D eigenvalue weighted by atomic mass is 16.3.